The molecule has 0 fully saturated rings. The van der Waals surface area contributed by atoms with E-state index in [1.807, 2.05) is 0 Å². The Morgan fingerprint density at radius 3 is 2.88 bits per heavy atom. The predicted octanol–water partition coefficient (Wildman–Crippen LogP) is 2.17. The van der Waals surface area contributed by atoms with Gasteiger partial charge in [0.15, 0.2) is 0 Å². The lowest BCUT2D eigenvalue weighted by atomic mass is 10.1. The first-order chi connectivity index (χ1) is 8.08. The van der Waals surface area contributed by atoms with Gasteiger partial charge in [-0.3, -0.25) is 10.1 Å². The summed E-state index contributed by atoms with van der Waals surface area (Å²) in [5.41, 5.74) is 1.27. The molecule has 1 aromatic heterocycles. The lowest BCUT2D eigenvalue weighted by Crippen LogP contribution is -1.87. The van der Waals surface area contributed by atoms with E-state index in [9.17, 15) is 14.9 Å². The van der Waals surface area contributed by atoms with Crippen molar-refractivity contribution < 1.29 is 14.8 Å². The number of rotatable bonds is 3. The second-order valence-electron chi connectivity index (χ2n) is 3.40. The molecule has 2 rings (SSSR count). The highest BCUT2D eigenvalue weighted by Gasteiger charge is 2.08. The van der Waals surface area contributed by atoms with Crippen LogP contribution in [-0.4, -0.2) is 21.0 Å². The minimum Gasteiger partial charge on any atom is -0.478 e. The molecule has 0 atom stereocenters. The zero-order valence-electron chi connectivity index (χ0n) is 8.58. The number of H-pyrrole nitrogens is 1. The third kappa shape index (κ3) is 2.15. The van der Waals surface area contributed by atoms with Gasteiger partial charge < -0.3 is 10.1 Å². The number of carbonyl (C=O) groups is 1. The van der Waals surface area contributed by atoms with Crippen LogP contribution in [-0.2, 0) is 4.79 Å². The summed E-state index contributed by atoms with van der Waals surface area (Å²) in [6, 6.07) is 4.38. The van der Waals surface area contributed by atoms with Crippen LogP contribution in [0, 0.1) is 10.1 Å². The van der Waals surface area contributed by atoms with E-state index in [-0.39, 0.29) is 5.69 Å². The molecule has 0 saturated carbocycles. The van der Waals surface area contributed by atoms with Gasteiger partial charge in [0.2, 0.25) is 0 Å². The summed E-state index contributed by atoms with van der Waals surface area (Å²) >= 11 is 0. The average molecular weight is 232 g/mol. The van der Waals surface area contributed by atoms with Crippen molar-refractivity contribution >= 4 is 28.6 Å². The van der Waals surface area contributed by atoms with Crippen molar-refractivity contribution in [3.63, 3.8) is 0 Å². The van der Waals surface area contributed by atoms with Crippen molar-refractivity contribution in [3.8, 4) is 0 Å². The molecule has 0 radical (unpaired) electrons. The van der Waals surface area contributed by atoms with E-state index in [0.29, 0.717) is 11.1 Å². The van der Waals surface area contributed by atoms with Crippen molar-refractivity contribution in [2.24, 2.45) is 0 Å². The van der Waals surface area contributed by atoms with E-state index in [0.717, 1.165) is 11.5 Å². The molecule has 0 aliphatic carbocycles. The predicted molar refractivity (Wildman–Crippen MR) is 61.6 cm³/mol. The van der Waals surface area contributed by atoms with E-state index < -0.39 is 10.9 Å². The summed E-state index contributed by atoms with van der Waals surface area (Å²) in [7, 11) is 0. The number of non-ortho nitro benzene ring substituents is 1. The molecule has 6 heteroatoms. The molecule has 0 spiro atoms. The van der Waals surface area contributed by atoms with Crippen LogP contribution in [0.2, 0.25) is 0 Å². The number of nitrogens with one attached hydrogen (secondary N) is 1. The second-order valence-corrected chi connectivity index (χ2v) is 3.40. The van der Waals surface area contributed by atoms with Crippen LogP contribution in [0.3, 0.4) is 0 Å². The van der Waals surface area contributed by atoms with Gasteiger partial charge in [-0.25, -0.2) is 4.79 Å². The molecule has 2 aromatic rings. The Bertz CT molecular complexity index is 627. The van der Waals surface area contributed by atoms with E-state index >= 15 is 0 Å². The highest BCUT2D eigenvalue weighted by molar-refractivity contribution is 5.94. The van der Waals surface area contributed by atoms with E-state index in [4.69, 9.17) is 5.11 Å². The van der Waals surface area contributed by atoms with Gasteiger partial charge >= 0.3 is 5.97 Å². The zero-order valence-corrected chi connectivity index (χ0v) is 8.58. The number of hydrogen-bond donors (Lipinski definition) is 2. The molecule has 6 nitrogen and oxygen atoms in total. The molecule has 0 aliphatic heterocycles. The number of carboxylic acid groups (broad SMARTS) is 1. The van der Waals surface area contributed by atoms with Crippen LogP contribution in [0.15, 0.2) is 30.5 Å². The Hall–Kier alpha value is -2.63. The van der Waals surface area contributed by atoms with Gasteiger partial charge in [-0.2, -0.15) is 0 Å². The van der Waals surface area contributed by atoms with E-state index in [1.165, 1.54) is 18.2 Å². The highest BCUT2D eigenvalue weighted by atomic mass is 16.6. The molecular formula is C11H8N2O4. The Morgan fingerprint density at radius 2 is 2.24 bits per heavy atom. The van der Waals surface area contributed by atoms with Gasteiger partial charge in [-0.05, 0) is 12.1 Å². The maximum Gasteiger partial charge on any atom is 0.328 e. The summed E-state index contributed by atoms with van der Waals surface area (Å²) in [4.78, 5) is 23.3. The maximum atomic E-state index is 10.6. The smallest absolute Gasteiger partial charge is 0.328 e. The fourth-order valence-corrected chi connectivity index (χ4v) is 1.55. The maximum absolute atomic E-state index is 10.6. The number of nitro benzene ring substituents is 1. The monoisotopic (exact) mass is 232 g/mol. The SMILES string of the molecule is O=C(O)/C=C/c1c[nH]c2cc([N+](=O)[O-])ccc12. The number of nitro groups is 1. The normalized spacial score (nSPS) is 11.1. The molecule has 0 amide bonds. The highest BCUT2D eigenvalue weighted by Crippen LogP contribution is 2.23. The van der Waals surface area contributed by atoms with Gasteiger partial charge in [0.05, 0.1) is 10.4 Å². The van der Waals surface area contributed by atoms with Crippen LogP contribution in [0.4, 0.5) is 5.69 Å². The fraction of sp³-hybridized carbons (Fsp3) is 0. The molecule has 1 aromatic carbocycles. The molecule has 0 bridgehead atoms. The topological polar surface area (TPSA) is 96.2 Å². The molecule has 0 aliphatic rings. The van der Waals surface area contributed by atoms with Crippen molar-refractivity contribution in [1.29, 1.82) is 0 Å². The number of benzene rings is 1. The first kappa shape index (κ1) is 10.9. The number of nitrogens with zero attached hydrogens (tertiary/aromatic N) is 1. The van der Waals surface area contributed by atoms with Crippen LogP contribution < -0.4 is 0 Å². The van der Waals surface area contributed by atoms with Gasteiger partial charge in [0, 0.05) is 35.4 Å². The molecule has 0 saturated heterocycles. The Kier molecular flexibility index (Phi) is 2.61. The van der Waals surface area contributed by atoms with Gasteiger partial charge in [0.25, 0.3) is 5.69 Å². The Labute approximate surface area is 95.3 Å². The van der Waals surface area contributed by atoms with Gasteiger partial charge in [0.1, 0.15) is 0 Å². The molecule has 1 heterocycles. The third-order valence-electron chi connectivity index (χ3n) is 2.31. The van der Waals surface area contributed by atoms with Crippen LogP contribution >= 0.6 is 0 Å². The standard InChI is InChI=1S/C11H8N2O4/c14-11(15)4-1-7-6-12-10-5-8(13(16)17)2-3-9(7)10/h1-6,12H,(H,14,15)/b4-1+. The first-order valence-electron chi connectivity index (χ1n) is 4.74. The Morgan fingerprint density at radius 1 is 1.47 bits per heavy atom. The Balaban J connectivity index is 2.48. The molecular weight excluding hydrogens is 224 g/mol. The van der Waals surface area contributed by atoms with E-state index in [2.05, 4.69) is 4.98 Å². The summed E-state index contributed by atoms with van der Waals surface area (Å²) in [6.07, 6.45) is 4.06. The third-order valence-corrected chi connectivity index (χ3v) is 2.31. The number of aliphatic carboxylic acids is 1. The minimum atomic E-state index is -1.04. The minimum absolute atomic E-state index is 0.00638. The van der Waals surface area contributed by atoms with Crippen LogP contribution in [0.1, 0.15) is 5.56 Å². The zero-order chi connectivity index (χ0) is 12.4. The van der Waals surface area contributed by atoms with Gasteiger partial charge in [-0.15, -0.1) is 0 Å². The van der Waals surface area contributed by atoms with Crippen molar-refractivity contribution in [2.75, 3.05) is 0 Å². The van der Waals surface area contributed by atoms with E-state index in [1.54, 1.807) is 12.3 Å². The molecule has 17 heavy (non-hydrogen) atoms. The summed E-state index contributed by atoms with van der Waals surface area (Å²) in [5, 5.41) is 19.8. The van der Waals surface area contributed by atoms with Crippen LogP contribution in [0.5, 0.6) is 0 Å². The summed E-state index contributed by atoms with van der Waals surface area (Å²) in [6.45, 7) is 0. The number of aromatic nitrogens is 1. The molecule has 0 unspecified atom stereocenters. The van der Waals surface area contributed by atoms with Crippen molar-refractivity contribution in [2.45, 2.75) is 0 Å². The van der Waals surface area contributed by atoms with Crippen molar-refractivity contribution in [3.05, 3.63) is 46.1 Å². The molecule has 2 N–H and O–H groups in total. The number of fused-ring (bicyclic) bond motifs is 1. The summed E-state index contributed by atoms with van der Waals surface area (Å²) in [5.74, 6) is -1.04. The number of hydrogen-bond acceptors (Lipinski definition) is 3. The lowest BCUT2D eigenvalue weighted by Gasteiger charge is -1.93. The van der Waals surface area contributed by atoms with Gasteiger partial charge in [-0.1, -0.05) is 0 Å². The lowest BCUT2D eigenvalue weighted by molar-refractivity contribution is -0.384. The fourth-order valence-electron chi connectivity index (χ4n) is 1.55. The largest absolute Gasteiger partial charge is 0.478 e. The average Bonchev–Trinajstić information content (AvgIpc) is 2.68. The number of carboxylic acids is 1. The number of aromatic amines is 1. The summed E-state index contributed by atoms with van der Waals surface area (Å²) < 4.78 is 0. The quantitative estimate of drug-likeness (QED) is 0.481. The van der Waals surface area contributed by atoms with Crippen molar-refractivity contribution in [1.82, 2.24) is 4.98 Å². The first-order valence-corrected chi connectivity index (χ1v) is 4.74. The van der Waals surface area contributed by atoms with Crippen LogP contribution in [0.25, 0.3) is 17.0 Å². The second kappa shape index (κ2) is 4.09. The molecule has 86 valence electrons.